The summed E-state index contributed by atoms with van der Waals surface area (Å²) in [5, 5.41) is 7.88. The number of nitrogens with one attached hydrogen (secondary N) is 1. The van der Waals surface area contributed by atoms with Gasteiger partial charge in [0.15, 0.2) is 0 Å². The molecule has 0 bridgehead atoms. The van der Waals surface area contributed by atoms with Crippen LogP contribution in [-0.2, 0) is 11.3 Å². The zero-order valence-electron chi connectivity index (χ0n) is 12.1. The maximum Gasteiger partial charge on any atom is 0.0907 e. The topological polar surface area (TPSA) is 39.1 Å². The zero-order chi connectivity index (χ0) is 13.4. The predicted octanol–water partition coefficient (Wildman–Crippen LogP) is 2.76. The van der Waals surface area contributed by atoms with Crippen LogP contribution in [0.3, 0.4) is 0 Å². The third kappa shape index (κ3) is 5.19. The smallest absolute Gasteiger partial charge is 0.0907 e. The average Bonchev–Trinajstić information content (AvgIpc) is 2.79. The summed E-state index contributed by atoms with van der Waals surface area (Å²) >= 11 is 0. The third-order valence-corrected chi connectivity index (χ3v) is 3.03. The van der Waals surface area contributed by atoms with Crippen molar-refractivity contribution in [1.82, 2.24) is 15.1 Å². The summed E-state index contributed by atoms with van der Waals surface area (Å²) in [6, 6.07) is 3.08. The number of nitrogens with zero attached hydrogens (tertiary/aromatic N) is 2. The number of hydrogen-bond acceptors (Lipinski definition) is 3. The van der Waals surface area contributed by atoms with Crippen LogP contribution < -0.4 is 5.32 Å². The highest BCUT2D eigenvalue weighted by molar-refractivity contribution is 4.98. The van der Waals surface area contributed by atoms with Crippen molar-refractivity contribution in [3.05, 3.63) is 18.0 Å². The van der Waals surface area contributed by atoms with Gasteiger partial charge in [-0.3, -0.25) is 4.68 Å². The lowest BCUT2D eigenvalue weighted by atomic mass is 10.2. The lowest BCUT2D eigenvalue weighted by Crippen LogP contribution is -2.26. The maximum atomic E-state index is 5.59. The van der Waals surface area contributed by atoms with Crippen LogP contribution in [-0.4, -0.2) is 29.0 Å². The first-order valence-electron chi connectivity index (χ1n) is 7.02. The van der Waals surface area contributed by atoms with E-state index in [9.17, 15) is 0 Å². The molecule has 4 heteroatoms. The molecule has 0 aliphatic rings. The average molecular weight is 253 g/mol. The largest absolute Gasteiger partial charge is 0.374 e. The van der Waals surface area contributed by atoms with Crippen molar-refractivity contribution in [2.75, 3.05) is 13.2 Å². The minimum atomic E-state index is 0.515. The molecule has 4 nitrogen and oxygen atoms in total. The number of ether oxygens (including phenoxy) is 1. The fourth-order valence-electron chi connectivity index (χ4n) is 1.92. The van der Waals surface area contributed by atoms with Crippen molar-refractivity contribution in [2.45, 2.75) is 59.2 Å². The van der Waals surface area contributed by atoms with E-state index < -0.39 is 0 Å². The van der Waals surface area contributed by atoms with Crippen molar-refractivity contribution in [3.8, 4) is 0 Å². The molecule has 1 aromatic heterocycles. The van der Waals surface area contributed by atoms with Crippen LogP contribution in [0.4, 0.5) is 0 Å². The molecule has 1 N–H and O–H groups in total. The van der Waals surface area contributed by atoms with Crippen LogP contribution >= 0.6 is 0 Å². The van der Waals surface area contributed by atoms with Gasteiger partial charge in [0, 0.05) is 18.8 Å². The Labute approximate surface area is 111 Å². The predicted molar refractivity (Wildman–Crippen MR) is 74.6 cm³/mol. The molecule has 18 heavy (non-hydrogen) atoms. The molecule has 0 fully saturated rings. The fraction of sp³-hybridized carbons (Fsp3) is 0.786. The van der Waals surface area contributed by atoms with Gasteiger partial charge in [0.25, 0.3) is 0 Å². The van der Waals surface area contributed by atoms with Gasteiger partial charge in [0.1, 0.15) is 0 Å². The molecule has 0 saturated heterocycles. The standard InChI is InChI=1S/C14H27N3O/c1-5-14(6-2)17-9-7-13(16-17)11-18-10-8-15-12(3)4/h7,9,12,14-15H,5-6,8,10-11H2,1-4H3. The van der Waals surface area contributed by atoms with E-state index in [1.165, 1.54) is 0 Å². The van der Waals surface area contributed by atoms with Crippen LogP contribution in [0.5, 0.6) is 0 Å². The van der Waals surface area contributed by atoms with Crippen LogP contribution in [0.2, 0.25) is 0 Å². The molecular weight excluding hydrogens is 226 g/mol. The Hall–Kier alpha value is -0.870. The van der Waals surface area contributed by atoms with Crippen LogP contribution in [0, 0.1) is 0 Å². The summed E-state index contributed by atoms with van der Waals surface area (Å²) in [4.78, 5) is 0. The fourth-order valence-corrected chi connectivity index (χ4v) is 1.92. The third-order valence-electron chi connectivity index (χ3n) is 3.03. The Balaban J connectivity index is 2.27. The highest BCUT2D eigenvalue weighted by atomic mass is 16.5. The quantitative estimate of drug-likeness (QED) is 0.688. The van der Waals surface area contributed by atoms with E-state index >= 15 is 0 Å². The van der Waals surface area contributed by atoms with Crippen LogP contribution in [0.25, 0.3) is 0 Å². The van der Waals surface area contributed by atoms with E-state index in [0.717, 1.165) is 31.7 Å². The minimum absolute atomic E-state index is 0.515. The molecule has 0 aliphatic heterocycles. The Morgan fingerprint density at radius 2 is 2.06 bits per heavy atom. The number of aromatic nitrogens is 2. The molecular formula is C14H27N3O. The van der Waals surface area contributed by atoms with Crippen molar-refractivity contribution in [3.63, 3.8) is 0 Å². The van der Waals surface area contributed by atoms with E-state index in [1.54, 1.807) is 0 Å². The summed E-state index contributed by atoms with van der Waals surface area (Å²) in [5.41, 5.74) is 1.02. The van der Waals surface area contributed by atoms with Gasteiger partial charge in [0.2, 0.25) is 0 Å². The molecule has 104 valence electrons. The van der Waals surface area contributed by atoms with E-state index in [1.807, 2.05) is 6.07 Å². The van der Waals surface area contributed by atoms with Crippen molar-refractivity contribution in [2.24, 2.45) is 0 Å². The Kier molecular flexibility index (Phi) is 6.98. The molecule has 0 spiro atoms. The van der Waals surface area contributed by atoms with E-state index in [0.29, 0.717) is 18.7 Å². The lowest BCUT2D eigenvalue weighted by molar-refractivity contribution is 0.118. The van der Waals surface area contributed by atoms with Gasteiger partial charge < -0.3 is 10.1 Å². The summed E-state index contributed by atoms with van der Waals surface area (Å²) in [6.45, 7) is 10.9. The summed E-state index contributed by atoms with van der Waals surface area (Å²) < 4.78 is 7.65. The van der Waals surface area contributed by atoms with Crippen molar-refractivity contribution >= 4 is 0 Å². The molecule has 0 aromatic carbocycles. The molecule has 0 aliphatic carbocycles. The van der Waals surface area contributed by atoms with Crippen molar-refractivity contribution < 1.29 is 4.74 Å². The van der Waals surface area contributed by atoms with Crippen LogP contribution in [0.15, 0.2) is 12.3 Å². The van der Waals surface area contributed by atoms with Crippen molar-refractivity contribution in [1.29, 1.82) is 0 Å². The Morgan fingerprint density at radius 1 is 1.33 bits per heavy atom. The summed E-state index contributed by atoms with van der Waals surface area (Å²) in [5.74, 6) is 0. The second-order valence-corrected chi connectivity index (χ2v) is 4.92. The maximum absolute atomic E-state index is 5.59. The zero-order valence-corrected chi connectivity index (χ0v) is 12.1. The van der Waals surface area contributed by atoms with E-state index in [-0.39, 0.29) is 0 Å². The summed E-state index contributed by atoms with van der Waals surface area (Å²) in [7, 11) is 0. The Morgan fingerprint density at radius 3 is 2.67 bits per heavy atom. The number of rotatable bonds is 9. The van der Waals surface area contributed by atoms with Gasteiger partial charge in [-0.1, -0.05) is 27.7 Å². The highest BCUT2D eigenvalue weighted by Gasteiger charge is 2.07. The molecule has 1 aromatic rings. The molecule has 0 saturated carbocycles. The second kappa shape index (κ2) is 8.27. The Bertz CT molecular complexity index is 319. The van der Waals surface area contributed by atoms with Gasteiger partial charge in [0.05, 0.1) is 24.9 Å². The van der Waals surface area contributed by atoms with E-state index in [2.05, 4.69) is 49.0 Å². The molecule has 1 rings (SSSR count). The molecule has 0 radical (unpaired) electrons. The highest BCUT2D eigenvalue weighted by Crippen LogP contribution is 2.14. The van der Waals surface area contributed by atoms with Gasteiger partial charge in [-0.25, -0.2) is 0 Å². The lowest BCUT2D eigenvalue weighted by Gasteiger charge is -2.12. The first kappa shape index (κ1) is 15.2. The second-order valence-electron chi connectivity index (χ2n) is 4.92. The van der Waals surface area contributed by atoms with Gasteiger partial charge in [-0.05, 0) is 18.9 Å². The molecule has 0 unspecified atom stereocenters. The first-order chi connectivity index (χ1) is 8.67. The van der Waals surface area contributed by atoms with Gasteiger partial charge in [-0.2, -0.15) is 5.10 Å². The normalized spacial score (nSPS) is 11.7. The molecule has 0 amide bonds. The van der Waals surface area contributed by atoms with Gasteiger partial charge in [-0.15, -0.1) is 0 Å². The minimum Gasteiger partial charge on any atom is -0.374 e. The molecule has 0 atom stereocenters. The van der Waals surface area contributed by atoms with Crippen LogP contribution in [0.1, 0.15) is 52.3 Å². The van der Waals surface area contributed by atoms with E-state index in [4.69, 9.17) is 4.74 Å². The monoisotopic (exact) mass is 253 g/mol. The SMILES string of the molecule is CCC(CC)n1ccc(COCCNC(C)C)n1. The summed E-state index contributed by atoms with van der Waals surface area (Å²) in [6.07, 6.45) is 4.30. The van der Waals surface area contributed by atoms with Gasteiger partial charge >= 0.3 is 0 Å². The first-order valence-corrected chi connectivity index (χ1v) is 7.02. The molecule has 1 heterocycles. The number of hydrogen-bond donors (Lipinski definition) is 1.